The smallest absolute Gasteiger partial charge is 0.231 e. The molecular formula is C8H11N3O2S. The summed E-state index contributed by atoms with van der Waals surface area (Å²) in [6.07, 6.45) is 4.67. The number of aromatic nitrogens is 2. The predicted octanol–water partition coefficient (Wildman–Crippen LogP) is 0.881. The molecule has 0 aromatic carbocycles. The monoisotopic (exact) mass is 213 g/mol. The molecule has 0 aliphatic carbocycles. The Hall–Kier alpha value is -1.43. The molecule has 0 radical (unpaired) electrons. The van der Waals surface area contributed by atoms with Crippen LogP contribution in [-0.4, -0.2) is 24.9 Å². The van der Waals surface area contributed by atoms with Gasteiger partial charge in [0.1, 0.15) is 0 Å². The molecule has 0 bridgehead atoms. The van der Waals surface area contributed by atoms with E-state index in [1.807, 2.05) is 13.0 Å². The van der Waals surface area contributed by atoms with Crippen LogP contribution in [0.3, 0.4) is 0 Å². The van der Waals surface area contributed by atoms with E-state index in [-0.39, 0.29) is 5.82 Å². The van der Waals surface area contributed by atoms with E-state index in [2.05, 4.69) is 14.9 Å². The maximum absolute atomic E-state index is 10.8. The van der Waals surface area contributed by atoms with E-state index >= 15 is 0 Å². The fraction of sp³-hybridized carbons (Fsp3) is 0.250. The third kappa shape index (κ3) is 3.53. The molecule has 5 nitrogen and oxygen atoms in total. The van der Waals surface area contributed by atoms with Crippen molar-refractivity contribution >= 4 is 21.9 Å². The normalized spacial score (nSPS) is 11.9. The maximum atomic E-state index is 10.8. The fourth-order valence-corrected chi connectivity index (χ4v) is 1.34. The lowest BCUT2D eigenvalue weighted by atomic mass is 10.3. The second-order valence-corrected chi connectivity index (χ2v) is 4.47. The van der Waals surface area contributed by atoms with Gasteiger partial charge in [0, 0.05) is 0 Å². The number of hydrogen-bond acceptors (Lipinski definition) is 4. The van der Waals surface area contributed by atoms with Crippen molar-refractivity contribution in [3.05, 3.63) is 23.9 Å². The summed E-state index contributed by atoms with van der Waals surface area (Å²) in [4.78, 5) is 0. The first-order valence-corrected chi connectivity index (χ1v) is 5.84. The molecule has 0 atom stereocenters. The number of nitrogens with one attached hydrogen (secondary N) is 1. The van der Waals surface area contributed by atoms with Gasteiger partial charge in [0.15, 0.2) is 5.82 Å². The van der Waals surface area contributed by atoms with Gasteiger partial charge in [-0.2, -0.15) is 0 Å². The van der Waals surface area contributed by atoms with Gasteiger partial charge in [-0.15, -0.1) is 10.2 Å². The van der Waals surface area contributed by atoms with Crippen LogP contribution in [0, 0.1) is 0 Å². The highest BCUT2D eigenvalue weighted by Gasteiger charge is 2.02. The minimum Gasteiger partial charge on any atom is -0.266 e. The van der Waals surface area contributed by atoms with Crippen molar-refractivity contribution in [3.63, 3.8) is 0 Å². The first-order valence-electron chi connectivity index (χ1n) is 3.95. The van der Waals surface area contributed by atoms with Crippen molar-refractivity contribution in [2.75, 3.05) is 11.0 Å². The molecule has 1 aromatic rings. The second-order valence-electron chi connectivity index (χ2n) is 2.72. The van der Waals surface area contributed by atoms with Gasteiger partial charge in [-0.05, 0) is 25.1 Å². The highest BCUT2D eigenvalue weighted by molar-refractivity contribution is 7.92. The summed E-state index contributed by atoms with van der Waals surface area (Å²) < 4.78 is 23.9. The first-order chi connectivity index (χ1) is 6.51. The van der Waals surface area contributed by atoms with Crippen molar-refractivity contribution in [2.45, 2.75) is 6.92 Å². The Morgan fingerprint density at radius 2 is 2.07 bits per heavy atom. The van der Waals surface area contributed by atoms with Crippen LogP contribution in [0.5, 0.6) is 0 Å². The zero-order valence-electron chi connectivity index (χ0n) is 7.93. The summed E-state index contributed by atoms with van der Waals surface area (Å²) in [5, 5.41) is 7.48. The lowest BCUT2D eigenvalue weighted by Gasteiger charge is -2.00. The Morgan fingerprint density at radius 1 is 1.36 bits per heavy atom. The summed E-state index contributed by atoms with van der Waals surface area (Å²) in [7, 11) is -3.27. The van der Waals surface area contributed by atoms with Gasteiger partial charge in [0.05, 0.1) is 11.9 Å². The lowest BCUT2D eigenvalue weighted by molar-refractivity contribution is 0.606. The Bertz CT molecular complexity index is 422. The van der Waals surface area contributed by atoms with Gasteiger partial charge in [-0.3, -0.25) is 4.72 Å². The minimum atomic E-state index is -3.27. The number of nitrogens with zero attached hydrogens (tertiary/aromatic N) is 2. The number of anilines is 1. The van der Waals surface area contributed by atoms with Gasteiger partial charge in [-0.1, -0.05) is 6.08 Å². The van der Waals surface area contributed by atoms with E-state index in [1.165, 1.54) is 0 Å². The molecule has 0 fully saturated rings. The van der Waals surface area contributed by atoms with Crippen molar-refractivity contribution in [1.29, 1.82) is 0 Å². The Kier molecular flexibility index (Phi) is 3.19. The largest absolute Gasteiger partial charge is 0.266 e. The molecular weight excluding hydrogens is 202 g/mol. The van der Waals surface area contributed by atoms with E-state index < -0.39 is 10.0 Å². The third-order valence-electron chi connectivity index (χ3n) is 1.31. The second kappa shape index (κ2) is 4.19. The molecule has 0 spiro atoms. The molecule has 1 N–H and O–H groups in total. The van der Waals surface area contributed by atoms with E-state index in [0.717, 1.165) is 6.26 Å². The van der Waals surface area contributed by atoms with Crippen LogP contribution in [0.4, 0.5) is 5.82 Å². The van der Waals surface area contributed by atoms with E-state index in [0.29, 0.717) is 5.69 Å². The van der Waals surface area contributed by atoms with Crippen LogP contribution in [0.1, 0.15) is 12.6 Å². The Balaban J connectivity index is 2.84. The minimum absolute atomic E-state index is 0.223. The van der Waals surface area contributed by atoms with Gasteiger partial charge in [0.25, 0.3) is 0 Å². The summed E-state index contributed by atoms with van der Waals surface area (Å²) in [5.41, 5.74) is 0.687. The summed E-state index contributed by atoms with van der Waals surface area (Å²) in [6, 6.07) is 3.24. The van der Waals surface area contributed by atoms with Crippen LogP contribution in [0.2, 0.25) is 0 Å². The topological polar surface area (TPSA) is 72.0 Å². The molecule has 0 aliphatic rings. The zero-order valence-corrected chi connectivity index (χ0v) is 8.75. The van der Waals surface area contributed by atoms with Gasteiger partial charge in [-0.25, -0.2) is 8.42 Å². The molecule has 0 amide bonds. The molecule has 0 saturated carbocycles. The fourth-order valence-electron chi connectivity index (χ4n) is 0.847. The van der Waals surface area contributed by atoms with Crippen LogP contribution < -0.4 is 4.72 Å². The van der Waals surface area contributed by atoms with E-state index in [9.17, 15) is 8.42 Å². The molecule has 14 heavy (non-hydrogen) atoms. The Labute approximate surface area is 82.9 Å². The molecule has 76 valence electrons. The third-order valence-corrected chi connectivity index (χ3v) is 1.89. The molecule has 0 saturated heterocycles. The Morgan fingerprint density at radius 3 is 2.50 bits per heavy atom. The summed E-state index contributed by atoms with van der Waals surface area (Å²) in [6.45, 7) is 1.87. The average molecular weight is 213 g/mol. The van der Waals surface area contributed by atoms with Crippen molar-refractivity contribution in [1.82, 2.24) is 10.2 Å². The molecule has 0 aliphatic heterocycles. The van der Waals surface area contributed by atoms with Crippen LogP contribution >= 0.6 is 0 Å². The van der Waals surface area contributed by atoms with Gasteiger partial charge < -0.3 is 0 Å². The molecule has 6 heteroatoms. The van der Waals surface area contributed by atoms with Crippen LogP contribution in [0.15, 0.2) is 18.2 Å². The molecule has 0 unspecified atom stereocenters. The highest BCUT2D eigenvalue weighted by Crippen LogP contribution is 2.04. The quantitative estimate of drug-likeness (QED) is 0.809. The van der Waals surface area contributed by atoms with Crippen molar-refractivity contribution in [3.8, 4) is 0 Å². The highest BCUT2D eigenvalue weighted by atomic mass is 32.2. The van der Waals surface area contributed by atoms with E-state index in [1.54, 1.807) is 18.2 Å². The standard InChI is InChI=1S/C8H11N3O2S/c1-3-4-7-5-6-8(10-9-7)11-14(2,12)13/h3-6H,1-2H3,(H,10,11)/b4-3+. The predicted molar refractivity (Wildman–Crippen MR) is 55.2 cm³/mol. The van der Waals surface area contributed by atoms with E-state index in [4.69, 9.17) is 0 Å². The average Bonchev–Trinajstić information content (AvgIpc) is 2.06. The number of rotatable bonds is 3. The van der Waals surface area contributed by atoms with Gasteiger partial charge >= 0.3 is 0 Å². The summed E-state index contributed by atoms with van der Waals surface area (Å²) in [5.74, 6) is 0.223. The van der Waals surface area contributed by atoms with Crippen LogP contribution in [0.25, 0.3) is 6.08 Å². The lowest BCUT2D eigenvalue weighted by Crippen LogP contribution is -2.11. The number of hydrogen-bond donors (Lipinski definition) is 1. The SMILES string of the molecule is C/C=C/c1ccc(NS(C)(=O)=O)nn1. The molecule has 1 heterocycles. The first kappa shape index (κ1) is 10.6. The van der Waals surface area contributed by atoms with Crippen LogP contribution in [-0.2, 0) is 10.0 Å². The summed E-state index contributed by atoms with van der Waals surface area (Å²) >= 11 is 0. The van der Waals surface area contributed by atoms with Gasteiger partial charge in [0.2, 0.25) is 10.0 Å². The zero-order chi connectivity index (χ0) is 10.6. The van der Waals surface area contributed by atoms with Crippen molar-refractivity contribution in [2.24, 2.45) is 0 Å². The van der Waals surface area contributed by atoms with Crippen molar-refractivity contribution < 1.29 is 8.42 Å². The number of sulfonamides is 1. The molecule has 1 rings (SSSR count). The maximum Gasteiger partial charge on any atom is 0.231 e. The molecule has 1 aromatic heterocycles. The number of allylic oxidation sites excluding steroid dienone is 1.